The molecule has 168 valence electrons. The van der Waals surface area contributed by atoms with E-state index < -0.39 is 5.91 Å². The summed E-state index contributed by atoms with van der Waals surface area (Å²) >= 11 is 0. The zero-order valence-electron chi connectivity index (χ0n) is 17.9. The molecule has 0 aliphatic heterocycles. The molecule has 0 saturated heterocycles. The lowest BCUT2D eigenvalue weighted by molar-refractivity contribution is -0.119. The highest BCUT2D eigenvalue weighted by molar-refractivity contribution is 6.06. The molecule has 0 bridgehead atoms. The minimum Gasteiger partial charge on any atom is -0.508 e. The van der Waals surface area contributed by atoms with Gasteiger partial charge in [-0.3, -0.25) is 9.59 Å². The molecule has 9 nitrogen and oxygen atoms in total. The van der Waals surface area contributed by atoms with Gasteiger partial charge in [0.1, 0.15) is 17.2 Å². The second kappa shape index (κ2) is 9.38. The van der Waals surface area contributed by atoms with E-state index in [2.05, 4.69) is 15.8 Å². The molecule has 2 aromatic rings. The summed E-state index contributed by atoms with van der Waals surface area (Å²) in [5, 5.41) is 39.2. The molecule has 1 saturated carbocycles. The van der Waals surface area contributed by atoms with E-state index in [9.17, 15) is 24.9 Å². The van der Waals surface area contributed by atoms with Crippen molar-refractivity contribution in [1.82, 2.24) is 10.5 Å². The number of hydrogen-bond acceptors (Lipinski definition) is 7. The van der Waals surface area contributed by atoms with Crippen LogP contribution in [-0.4, -0.2) is 45.4 Å². The number of nitrogens with zero attached hydrogens (tertiary/aromatic N) is 1. The average Bonchev–Trinajstić information content (AvgIpc) is 3.35. The summed E-state index contributed by atoms with van der Waals surface area (Å²) in [6.45, 7) is 5.92. The molecule has 1 aromatic carbocycles. The molecule has 5 N–H and O–H groups in total. The number of aromatic nitrogens is 1. The lowest BCUT2D eigenvalue weighted by Gasteiger charge is -2.14. The van der Waals surface area contributed by atoms with Crippen molar-refractivity contribution in [3.05, 3.63) is 23.4 Å². The number of rotatable bonds is 7. The maximum absolute atomic E-state index is 12.9. The molecule has 2 amide bonds. The molecule has 1 heterocycles. The fraction of sp³-hybridized carbons (Fsp3) is 0.500. The number of anilines is 1. The van der Waals surface area contributed by atoms with Gasteiger partial charge in [0, 0.05) is 25.1 Å². The fourth-order valence-corrected chi connectivity index (χ4v) is 3.93. The Labute approximate surface area is 180 Å². The predicted octanol–water partition coefficient (Wildman–Crippen LogP) is 2.97. The lowest BCUT2D eigenvalue weighted by Crippen LogP contribution is -2.26. The van der Waals surface area contributed by atoms with Gasteiger partial charge in [0.2, 0.25) is 5.91 Å². The van der Waals surface area contributed by atoms with E-state index in [0.29, 0.717) is 24.9 Å². The number of phenolic OH excluding ortho intramolecular Hbond substituents is 2. The summed E-state index contributed by atoms with van der Waals surface area (Å²) < 4.78 is 5.40. The molecule has 0 radical (unpaired) electrons. The van der Waals surface area contributed by atoms with Gasteiger partial charge in [-0.25, -0.2) is 0 Å². The standard InChI is InChI=1S/C22H29N3O6/c1-4-23-22(30)19-18(24-21(29)13-6-5-12(7-13)10-26)20(31-25-19)15-8-14(11(2)3)16(27)9-17(15)28/h8-9,11-13,26-28H,4-7,10H2,1-3H3,(H,23,30)(H,24,29)/t12-,13+/m1/s1. The number of aliphatic hydroxyl groups is 1. The van der Waals surface area contributed by atoms with Crippen molar-refractivity contribution in [2.24, 2.45) is 11.8 Å². The maximum atomic E-state index is 12.9. The van der Waals surface area contributed by atoms with Crippen LogP contribution >= 0.6 is 0 Å². The van der Waals surface area contributed by atoms with Gasteiger partial charge in [-0.05, 0) is 49.7 Å². The molecule has 0 spiro atoms. The van der Waals surface area contributed by atoms with E-state index in [1.54, 1.807) is 13.0 Å². The highest BCUT2D eigenvalue weighted by atomic mass is 16.5. The fourth-order valence-electron chi connectivity index (χ4n) is 3.93. The number of phenols is 2. The first kappa shape index (κ1) is 22.6. The van der Waals surface area contributed by atoms with Crippen LogP contribution < -0.4 is 10.6 Å². The van der Waals surface area contributed by atoms with Crippen LogP contribution in [-0.2, 0) is 4.79 Å². The molecular weight excluding hydrogens is 402 g/mol. The molecule has 3 rings (SSSR count). The first-order valence-corrected chi connectivity index (χ1v) is 10.5. The molecule has 31 heavy (non-hydrogen) atoms. The SMILES string of the molecule is CCNC(=O)c1noc(-c2cc(C(C)C)c(O)cc2O)c1NC(=O)[C@H]1CC[C@@H](CO)C1. The van der Waals surface area contributed by atoms with Gasteiger partial charge in [-0.2, -0.15) is 0 Å². The molecule has 0 unspecified atom stereocenters. The number of carbonyl (C=O) groups is 2. The highest BCUT2D eigenvalue weighted by Crippen LogP contribution is 2.42. The summed E-state index contributed by atoms with van der Waals surface area (Å²) in [6.07, 6.45) is 1.95. The van der Waals surface area contributed by atoms with Crippen molar-refractivity contribution in [2.75, 3.05) is 18.5 Å². The Morgan fingerprint density at radius 2 is 1.97 bits per heavy atom. The van der Waals surface area contributed by atoms with E-state index in [-0.39, 0.29) is 64.5 Å². The van der Waals surface area contributed by atoms with E-state index in [1.165, 1.54) is 6.07 Å². The number of nitrogens with one attached hydrogen (secondary N) is 2. The minimum absolute atomic E-state index is 0.0331. The quantitative estimate of drug-likeness (QED) is 0.453. The molecule has 1 aliphatic rings. The number of hydrogen-bond donors (Lipinski definition) is 5. The van der Waals surface area contributed by atoms with E-state index >= 15 is 0 Å². The highest BCUT2D eigenvalue weighted by Gasteiger charge is 2.33. The lowest BCUT2D eigenvalue weighted by atomic mass is 9.97. The topological polar surface area (TPSA) is 145 Å². The van der Waals surface area contributed by atoms with Crippen LogP contribution in [0.5, 0.6) is 11.5 Å². The van der Waals surface area contributed by atoms with E-state index in [0.717, 1.165) is 6.42 Å². The van der Waals surface area contributed by atoms with Crippen molar-refractivity contribution < 1.29 is 29.4 Å². The van der Waals surface area contributed by atoms with Gasteiger partial charge in [0.15, 0.2) is 11.5 Å². The van der Waals surface area contributed by atoms with Crippen molar-refractivity contribution in [3.8, 4) is 22.8 Å². The monoisotopic (exact) mass is 431 g/mol. The van der Waals surface area contributed by atoms with E-state index in [1.807, 2.05) is 13.8 Å². The smallest absolute Gasteiger partial charge is 0.275 e. The molecular formula is C22H29N3O6. The summed E-state index contributed by atoms with van der Waals surface area (Å²) in [6, 6.07) is 2.76. The van der Waals surface area contributed by atoms with Crippen LogP contribution in [0, 0.1) is 11.8 Å². The molecule has 9 heteroatoms. The maximum Gasteiger partial charge on any atom is 0.275 e. The Morgan fingerprint density at radius 1 is 1.23 bits per heavy atom. The Kier molecular flexibility index (Phi) is 6.84. The van der Waals surface area contributed by atoms with Gasteiger partial charge in [0.25, 0.3) is 5.91 Å². The zero-order valence-corrected chi connectivity index (χ0v) is 17.9. The first-order chi connectivity index (χ1) is 14.8. The largest absolute Gasteiger partial charge is 0.508 e. The third-order valence-electron chi connectivity index (χ3n) is 5.67. The summed E-state index contributed by atoms with van der Waals surface area (Å²) in [7, 11) is 0. The predicted molar refractivity (Wildman–Crippen MR) is 114 cm³/mol. The number of benzene rings is 1. The Bertz CT molecular complexity index is 968. The zero-order chi connectivity index (χ0) is 22.7. The van der Waals surface area contributed by atoms with Gasteiger partial charge in [-0.1, -0.05) is 19.0 Å². The average molecular weight is 431 g/mol. The number of aromatic hydroxyl groups is 2. The summed E-state index contributed by atoms with van der Waals surface area (Å²) in [5.74, 6) is -1.38. The van der Waals surface area contributed by atoms with Crippen LogP contribution in [0.3, 0.4) is 0 Å². The molecule has 1 fully saturated rings. The van der Waals surface area contributed by atoms with Gasteiger partial charge >= 0.3 is 0 Å². The van der Waals surface area contributed by atoms with Gasteiger partial charge in [-0.15, -0.1) is 0 Å². The Hall–Kier alpha value is -3.07. The summed E-state index contributed by atoms with van der Waals surface area (Å²) in [4.78, 5) is 25.4. The molecule has 2 atom stereocenters. The number of carbonyl (C=O) groups excluding carboxylic acids is 2. The van der Waals surface area contributed by atoms with Crippen LogP contribution in [0.2, 0.25) is 0 Å². The van der Waals surface area contributed by atoms with Crippen molar-refractivity contribution in [2.45, 2.75) is 46.0 Å². The van der Waals surface area contributed by atoms with Crippen molar-refractivity contribution in [3.63, 3.8) is 0 Å². The number of amides is 2. The Morgan fingerprint density at radius 3 is 2.58 bits per heavy atom. The van der Waals surface area contributed by atoms with Crippen molar-refractivity contribution >= 4 is 17.5 Å². The van der Waals surface area contributed by atoms with Crippen LogP contribution in [0.4, 0.5) is 5.69 Å². The Balaban J connectivity index is 2.03. The molecule has 1 aromatic heterocycles. The normalized spacial score (nSPS) is 18.4. The van der Waals surface area contributed by atoms with E-state index in [4.69, 9.17) is 4.52 Å². The van der Waals surface area contributed by atoms with Crippen LogP contribution in [0.1, 0.15) is 62.0 Å². The van der Waals surface area contributed by atoms with Gasteiger partial charge < -0.3 is 30.5 Å². The number of aliphatic hydroxyl groups excluding tert-OH is 1. The van der Waals surface area contributed by atoms with Crippen LogP contribution in [0.25, 0.3) is 11.3 Å². The minimum atomic E-state index is -0.519. The summed E-state index contributed by atoms with van der Waals surface area (Å²) in [5.41, 5.74) is 0.752. The third kappa shape index (κ3) is 4.66. The van der Waals surface area contributed by atoms with Gasteiger partial charge in [0.05, 0.1) is 5.56 Å². The second-order valence-electron chi connectivity index (χ2n) is 8.23. The van der Waals surface area contributed by atoms with Crippen molar-refractivity contribution in [1.29, 1.82) is 0 Å². The second-order valence-corrected chi connectivity index (χ2v) is 8.23. The third-order valence-corrected chi connectivity index (χ3v) is 5.67. The first-order valence-electron chi connectivity index (χ1n) is 10.5. The van der Waals surface area contributed by atoms with Crippen LogP contribution in [0.15, 0.2) is 16.7 Å². The molecule has 1 aliphatic carbocycles.